The normalized spacial score (nSPS) is 10.8. The topological polar surface area (TPSA) is 47.1 Å². The second-order valence-electron chi connectivity index (χ2n) is 4.47. The third-order valence-electron chi connectivity index (χ3n) is 3.05. The highest BCUT2D eigenvalue weighted by molar-refractivity contribution is 5.79. The summed E-state index contributed by atoms with van der Waals surface area (Å²) >= 11 is 0. The Bertz CT molecular complexity index is 673. The summed E-state index contributed by atoms with van der Waals surface area (Å²) in [5.41, 5.74) is 3.01. The molecular formula is C16H16N2O2. The Hall–Kier alpha value is -2.33. The second-order valence-corrected chi connectivity index (χ2v) is 4.47. The van der Waals surface area contributed by atoms with Crippen molar-refractivity contribution in [3.8, 4) is 17.1 Å². The van der Waals surface area contributed by atoms with Crippen LogP contribution in [0.2, 0.25) is 0 Å². The molecule has 4 heteroatoms. The lowest BCUT2D eigenvalue weighted by molar-refractivity contribution is 0.146. The van der Waals surface area contributed by atoms with E-state index < -0.39 is 0 Å². The van der Waals surface area contributed by atoms with Gasteiger partial charge in [-0.3, -0.25) is 0 Å². The summed E-state index contributed by atoms with van der Waals surface area (Å²) in [6.45, 7) is 1.12. The number of nitrogens with one attached hydrogen (secondary N) is 1. The summed E-state index contributed by atoms with van der Waals surface area (Å²) in [5.74, 6) is 1.67. The molecule has 2 aromatic carbocycles. The Morgan fingerprint density at radius 1 is 1.05 bits per heavy atom. The van der Waals surface area contributed by atoms with Crippen LogP contribution in [0.5, 0.6) is 5.75 Å². The van der Waals surface area contributed by atoms with E-state index in [0.717, 1.165) is 28.2 Å². The van der Waals surface area contributed by atoms with Crippen LogP contribution in [-0.4, -0.2) is 30.3 Å². The second kappa shape index (κ2) is 5.75. The zero-order valence-corrected chi connectivity index (χ0v) is 11.3. The fourth-order valence-electron chi connectivity index (χ4n) is 2.07. The standard InChI is InChI=1S/C16H16N2O2/c1-19-9-10-20-13-6-4-5-12(11-13)16-17-14-7-2-3-8-15(14)18-16/h2-8,11H,9-10H2,1H3,(H,17,18). The predicted octanol–water partition coefficient (Wildman–Crippen LogP) is 3.26. The van der Waals surface area contributed by atoms with Crippen molar-refractivity contribution in [2.24, 2.45) is 0 Å². The van der Waals surface area contributed by atoms with E-state index in [-0.39, 0.29) is 0 Å². The highest BCUT2D eigenvalue weighted by Crippen LogP contribution is 2.23. The molecule has 3 aromatic rings. The van der Waals surface area contributed by atoms with Gasteiger partial charge in [-0.15, -0.1) is 0 Å². The van der Waals surface area contributed by atoms with Crippen molar-refractivity contribution < 1.29 is 9.47 Å². The highest BCUT2D eigenvalue weighted by Gasteiger charge is 2.05. The van der Waals surface area contributed by atoms with E-state index in [1.807, 2.05) is 48.5 Å². The zero-order valence-electron chi connectivity index (χ0n) is 11.3. The molecule has 102 valence electrons. The van der Waals surface area contributed by atoms with Crippen molar-refractivity contribution in [3.63, 3.8) is 0 Å². The molecule has 3 rings (SSSR count). The molecule has 1 aromatic heterocycles. The lowest BCUT2D eigenvalue weighted by atomic mass is 10.2. The Morgan fingerprint density at radius 2 is 1.95 bits per heavy atom. The molecule has 0 aliphatic carbocycles. The Labute approximate surface area is 117 Å². The lowest BCUT2D eigenvalue weighted by Crippen LogP contribution is -2.04. The van der Waals surface area contributed by atoms with E-state index in [0.29, 0.717) is 13.2 Å². The third-order valence-corrected chi connectivity index (χ3v) is 3.05. The molecule has 0 saturated heterocycles. The van der Waals surface area contributed by atoms with Crippen LogP contribution in [0.1, 0.15) is 0 Å². The summed E-state index contributed by atoms with van der Waals surface area (Å²) in [4.78, 5) is 7.90. The van der Waals surface area contributed by atoms with E-state index in [9.17, 15) is 0 Å². The number of methoxy groups -OCH3 is 1. The van der Waals surface area contributed by atoms with Gasteiger partial charge in [-0.05, 0) is 24.3 Å². The number of aromatic nitrogens is 2. The Morgan fingerprint density at radius 3 is 2.80 bits per heavy atom. The van der Waals surface area contributed by atoms with Gasteiger partial charge in [0.2, 0.25) is 0 Å². The average molecular weight is 268 g/mol. The maximum Gasteiger partial charge on any atom is 0.138 e. The van der Waals surface area contributed by atoms with Gasteiger partial charge < -0.3 is 14.5 Å². The molecule has 0 unspecified atom stereocenters. The average Bonchev–Trinajstić information content (AvgIpc) is 2.92. The smallest absolute Gasteiger partial charge is 0.138 e. The van der Waals surface area contributed by atoms with Gasteiger partial charge >= 0.3 is 0 Å². The first-order valence-corrected chi connectivity index (χ1v) is 6.54. The fourth-order valence-corrected chi connectivity index (χ4v) is 2.07. The first kappa shape index (κ1) is 12.7. The van der Waals surface area contributed by atoms with Crippen molar-refractivity contribution in [3.05, 3.63) is 48.5 Å². The van der Waals surface area contributed by atoms with Crippen LogP contribution in [0.4, 0.5) is 0 Å². The number of hydrogen-bond donors (Lipinski definition) is 1. The van der Waals surface area contributed by atoms with Gasteiger partial charge in [0.25, 0.3) is 0 Å². The minimum atomic E-state index is 0.542. The first-order valence-electron chi connectivity index (χ1n) is 6.54. The quantitative estimate of drug-likeness (QED) is 0.722. The molecule has 0 atom stereocenters. The molecule has 4 nitrogen and oxygen atoms in total. The van der Waals surface area contributed by atoms with E-state index in [1.54, 1.807) is 7.11 Å². The molecule has 0 aliphatic rings. The van der Waals surface area contributed by atoms with Crippen LogP contribution in [0.15, 0.2) is 48.5 Å². The van der Waals surface area contributed by atoms with Crippen molar-refractivity contribution in [2.75, 3.05) is 20.3 Å². The number of benzene rings is 2. The molecule has 0 aliphatic heterocycles. The number of rotatable bonds is 5. The van der Waals surface area contributed by atoms with E-state index >= 15 is 0 Å². The van der Waals surface area contributed by atoms with Gasteiger partial charge in [-0.2, -0.15) is 0 Å². The molecule has 0 radical (unpaired) electrons. The molecular weight excluding hydrogens is 252 g/mol. The molecule has 0 fully saturated rings. The Kier molecular flexibility index (Phi) is 3.65. The van der Waals surface area contributed by atoms with Gasteiger partial charge in [0.05, 0.1) is 17.6 Å². The molecule has 1 N–H and O–H groups in total. The van der Waals surface area contributed by atoms with Gasteiger partial charge in [-0.1, -0.05) is 24.3 Å². The van der Waals surface area contributed by atoms with Crippen LogP contribution in [-0.2, 0) is 4.74 Å². The number of ether oxygens (including phenoxy) is 2. The summed E-state index contributed by atoms with van der Waals surface area (Å²) in [6, 6.07) is 15.9. The Balaban J connectivity index is 1.87. The molecule has 0 saturated carbocycles. The van der Waals surface area contributed by atoms with Gasteiger partial charge in [-0.25, -0.2) is 4.98 Å². The predicted molar refractivity (Wildman–Crippen MR) is 78.9 cm³/mol. The maximum atomic E-state index is 5.62. The van der Waals surface area contributed by atoms with E-state index in [1.165, 1.54) is 0 Å². The highest BCUT2D eigenvalue weighted by atomic mass is 16.5. The number of para-hydroxylation sites is 2. The number of nitrogens with zero attached hydrogens (tertiary/aromatic N) is 1. The van der Waals surface area contributed by atoms with Crippen molar-refractivity contribution in [1.82, 2.24) is 9.97 Å². The maximum absolute atomic E-state index is 5.62. The monoisotopic (exact) mass is 268 g/mol. The van der Waals surface area contributed by atoms with Crippen LogP contribution in [0, 0.1) is 0 Å². The summed E-state index contributed by atoms with van der Waals surface area (Å²) in [7, 11) is 1.66. The molecule has 0 spiro atoms. The number of fused-ring (bicyclic) bond motifs is 1. The van der Waals surface area contributed by atoms with Gasteiger partial charge in [0, 0.05) is 12.7 Å². The van der Waals surface area contributed by atoms with E-state index in [4.69, 9.17) is 9.47 Å². The van der Waals surface area contributed by atoms with Gasteiger partial charge in [0.1, 0.15) is 18.2 Å². The van der Waals surface area contributed by atoms with Crippen molar-refractivity contribution in [2.45, 2.75) is 0 Å². The van der Waals surface area contributed by atoms with Crippen molar-refractivity contribution in [1.29, 1.82) is 0 Å². The summed E-state index contributed by atoms with van der Waals surface area (Å²) in [5, 5.41) is 0. The molecule has 0 amide bonds. The minimum absolute atomic E-state index is 0.542. The fraction of sp³-hybridized carbons (Fsp3) is 0.188. The first-order chi connectivity index (χ1) is 9.86. The van der Waals surface area contributed by atoms with Crippen LogP contribution in [0.25, 0.3) is 22.4 Å². The van der Waals surface area contributed by atoms with Crippen molar-refractivity contribution >= 4 is 11.0 Å². The van der Waals surface area contributed by atoms with Crippen LogP contribution >= 0.6 is 0 Å². The number of hydrogen-bond acceptors (Lipinski definition) is 3. The molecule has 0 bridgehead atoms. The van der Waals surface area contributed by atoms with Crippen LogP contribution < -0.4 is 4.74 Å². The lowest BCUT2D eigenvalue weighted by Gasteiger charge is -2.06. The number of imidazole rings is 1. The largest absolute Gasteiger partial charge is 0.491 e. The molecule has 1 heterocycles. The minimum Gasteiger partial charge on any atom is -0.491 e. The SMILES string of the molecule is COCCOc1cccc(-c2nc3ccccc3[nH]2)c1. The number of aromatic amines is 1. The molecule has 20 heavy (non-hydrogen) atoms. The van der Waals surface area contributed by atoms with E-state index in [2.05, 4.69) is 9.97 Å². The van der Waals surface area contributed by atoms with Gasteiger partial charge in [0.15, 0.2) is 0 Å². The summed E-state index contributed by atoms with van der Waals surface area (Å²) in [6.07, 6.45) is 0. The summed E-state index contributed by atoms with van der Waals surface area (Å²) < 4.78 is 10.6. The number of H-pyrrole nitrogens is 1. The zero-order chi connectivity index (χ0) is 13.8. The van der Waals surface area contributed by atoms with Crippen LogP contribution in [0.3, 0.4) is 0 Å². The third kappa shape index (κ3) is 2.65.